The molecule has 0 saturated carbocycles. The Balaban J connectivity index is 2.79. The van der Waals surface area contributed by atoms with Crippen molar-refractivity contribution in [1.29, 1.82) is 0 Å². The van der Waals surface area contributed by atoms with Crippen molar-refractivity contribution in [1.82, 2.24) is 0 Å². The summed E-state index contributed by atoms with van der Waals surface area (Å²) in [4.78, 5) is 35.7. The van der Waals surface area contributed by atoms with Crippen LogP contribution < -0.4 is 0 Å². The molecule has 0 fully saturated rings. The molecule has 0 saturated heterocycles. The number of hydrogen-bond acceptors (Lipinski definition) is 6. The van der Waals surface area contributed by atoms with E-state index in [-0.39, 0.29) is 42.2 Å². The molecule has 0 aromatic carbocycles. The molecule has 0 aromatic heterocycles. The molecule has 0 radical (unpaired) electrons. The molecular formula is C34H50O7. The fourth-order valence-electron chi connectivity index (χ4n) is 4.96. The first-order valence-electron chi connectivity index (χ1n) is 14.5. The summed E-state index contributed by atoms with van der Waals surface area (Å²) in [6, 6.07) is 0. The summed E-state index contributed by atoms with van der Waals surface area (Å²) in [5, 5.41) is 29.5. The van der Waals surface area contributed by atoms with Gasteiger partial charge >= 0.3 is 11.9 Å². The summed E-state index contributed by atoms with van der Waals surface area (Å²) in [6.45, 7) is 14.8. The van der Waals surface area contributed by atoms with Gasteiger partial charge in [-0.05, 0) is 57.9 Å². The first-order chi connectivity index (χ1) is 19.2. The highest BCUT2D eigenvalue weighted by Gasteiger charge is 2.30. The van der Waals surface area contributed by atoms with Crippen molar-refractivity contribution in [2.45, 2.75) is 86.9 Å². The Bertz CT molecular complexity index is 1090. The van der Waals surface area contributed by atoms with E-state index in [1.54, 1.807) is 32.9 Å². The van der Waals surface area contributed by atoms with Crippen LogP contribution in [0.5, 0.6) is 0 Å². The maximum atomic E-state index is 13.0. The highest BCUT2D eigenvalue weighted by molar-refractivity contribution is 5.85. The Morgan fingerprint density at radius 2 is 1.78 bits per heavy atom. The molecule has 0 aromatic rings. The van der Waals surface area contributed by atoms with Gasteiger partial charge in [-0.3, -0.25) is 4.79 Å². The second-order valence-electron chi connectivity index (χ2n) is 11.5. The van der Waals surface area contributed by atoms with Gasteiger partial charge in [0, 0.05) is 24.0 Å². The number of carbonyl (C=O) groups is 3. The van der Waals surface area contributed by atoms with Crippen LogP contribution in [-0.4, -0.2) is 51.9 Å². The van der Waals surface area contributed by atoms with Crippen molar-refractivity contribution in [3.8, 4) is 0 Å². The summed E-state index contributed by atoms with van der Waals surface area (Å²) in [5.41, 5.74) is 3.64. The number of ether oxygens (including phenoxy) is 1. The molecule has 41 heavy (non-hydrogen) atoms. The maximum Gasteiger partial charge on any atom is 0.331 e. The SMILES string of the molecule is CCC(=C/[C@H](C)C/C=C/C(C)=C/[C@@H](CO)C(=O)[C@@H](C)[C@H](O)[C@@H](C)C/C(C)=C/C(=O)O)/C=C/[C@@H]1OC(=O)C=C(C)[C@@H]1C. The average Bonchev–Trinajstić information content (AvgIpc) is 2.90. The zero-order valence-electron chi connectivity index (χ0n) is 26.0. The van der Waals surface area contributed by atoms with Crippen molar-refractivity contribution in [3.63, 3.8) is 0 Å². The van der Waals surface area contributed by atoms with Gasteiger partial charge in [0.05, 0.1) is 18.6 Å². The van der Waals surface area contributed by atoms with Gasteiger partial charge in [0.2, 0.25) is 0 Å². The Morgan fingerprint density at radius 3 is 2.37 bits per heavy atom. The third kappa shape index (κ3) is 12.6. The highest BCUT2D eigenvalue weighted by atomic mass is 16.5. The molecule has 0 unspecified atom stereocenters. The van der Waals surface area contributed by atoms with Crippen molar-refractivity contribution in [2.24, 2.45) is 29.6 Å². The predicted molar refractivity (Wildman–Crippen MR) is 163 cm³/mol. The second-order valence-corrected chi connectivity index (χ2v) is 11.5. The zero-order chi connectivity index (χ0) is 31.3. The first-order valence-corrected chi connectivity index (χ1v) is 14.5. The number of allylic oxidation sites excluding steroid dienone is 7. The van der Waals surface area contributed by atoms with E-state index < -0.39 is 23.9 Å². The van der Waals surface area contributed by atoms with E-state index in [4.69, 9.17) is 9.84 Å². The lowest BCUT2D eigenvalue weighted by Crippen LogP contribution is -2.35. The topological polar surface area (TPSA) is 121 Å². The molecule has 7 atom stereocenters. The van der Waals surface area contributed by atoms with E-state index in [0.29, 0.717) is 12.0 Å². The van der Waals surface area contributed by atoms with Crippen LogP contribution in [0.3, 0.4) is 0 Å². The molecule has 0 bridgehead atoms. The molecule has 1 heterocycles. The molecule has 0 aliphatic carbocycles. The standard InChI is InChI=1S/C34H50O7/c1-9-28(13-14-30-26(7)24(5)19-32(38)41-30)16-21(2)11-10-12-22(3)17-29(20-35)34(40)27(8)33(39)25(6)15-23(4)18-31(36)37/h10,12-14,16-19,21,25-27,29-30,33,35,39H,9,11,15,20H2,1-8H3,(H,36,37)/b12-10+,14-13+,22-17+,23-18+,28-16-/t21-,25+,26+,27+,29+,30+,33-/m1/s1. The fourth-order valence-corrected chi connectivity index (χ4v) is 4.96. The van der Waals surface area contributed by atoms with Crippen molar-refractivity contribution in [3.05, 3.63) is 70.9 Å². The van der Waals surface area contributed by atoms with E-state index in [2.05, 4.69) is 19.9 Å². The molecule has 0 amide bonds. The number of aliphatic carboxylic acids is 1. The van der Waals surface area contributed by atoms with E-state index in [1.165, 1.54) is 0 Å². The number of cyclic esters (lactones) is 1. The van der Waals surface area contributed by atoms with Gasteiger partial charge in [-0.15, -0.1) is 0 Å². The van der Waals surface area contributed by atoms with E-state index in [0.717, 1.165) is 35.6 Å². The number of hydrogen-bond donors (Lipinski definition) is 3. The third-order valence-corrected chi connectivity index (χ3v) is 7.69. The Kier molecular flexibility index (Phi) is 15.5. The lowest BCUT2D eigenvalue weighted by atomic mass is 9.82. The van der Waals surface area contributed by atoms with Crippen LogP contribution in [0.4, 0.5) is 0 Å². The largest absolute Gasteiger partial charge is 0.478 e. The van der Waals surface area contributed by atoms with E-state index >= 15 is 0 Å². The number of aliphatic hydroxyl groups is 2. The fraction of sp³-hybridized carbons (Fsp3) is 0.559. The van der Waals surface area contributed by atoms with Crippen molar-refractivity contribution < 1.29 is 34.4 Å². The van der Waals surface area contributed by atoms with Crippen molar-refractivity contribution in [2.75, 3.05) is 6.61 Å². The number of carboxylic acids is 1. The summed E-state index contributed by atoms with van der Waals surface area (Å²) in [7, 11) is 0. The monoisotopic (exact) mass is 570 g/mol. The van der Waals surface area contributed by atoms with Crippen LogP contribution in [0.15, 0.2) is 70.9 Å². The molecule has 228 valence electrons. The third-order valence-electron chi connectivity index (χ3n) is 7.69. The molecule has 1 rings (SSSR count). The van der Waals surface area contributed by atoms with Gasteiger partial charge in [0.25, 0.3) is 0 Å². The van der Waals surface area contributed by atoms with E-state index in [1.807, 2.05) is 45.1 Å². The number of aliphatic hydroxyl groups excluding tert-OH is 2. The van der Waals surface area contributed by atoms with Gasteiger partial charge in [-0.1, -0.05) is 87.3 Å². The minimum atomic E-state index is -1.04. The average molecular weight is 571 g/mol. The molecular weight excluding hydrogens is 520 g/mol. The minimum absolute atomic E-state index is 0.145. The molecule has 1 aliphatic rings. The predicted octanol–water partition coefficient (Wildman–Crippen LogP) is 6.15. The van der Waals surface area contributed by atoms with Gasteiger partial charge < -0.3 is 20.1 Å². The van der Waals surface area contributed by atoms with Gasteiger partial charge in [-0.2, -0.15) is 0 Å². The summed E-state index contributed by atoms with van der Waals surface area (Å²) in [5.74, 6) is -2.95. The van der Waals surface area contributed by atoms with Crippen LogP contribution in [0.25, 0.3) is 0 Å². The first kappa shape index (κ1) is 36.0. The molecule has 1 aliphatic heterocycles. The van der Waals surface area contributed by atoms with Crippen molar-refractivity contribution >= 4 is 17.7 Å². The van der Waals surface area contributed by atoms with Crippen LogP contribution in [-0.2, 0) is 19.1 Å². The quantitative estimate of drug-likeness (QED) is 0.116. The smallest absolute Gasteiger partial charge is 0.331 e. The van der Waals surface area contributed by atoms with Gasteiger partial charge in [0.1, 0.15) is 11.9 Å². The molecule has 3 N–H and O–H groups in total. The molecule has 7 heteroatoms. The Labute approximate surface area is 246 Å². The number of ketones is 1. The number of rotatable bonds is 16. The lowest BCUT2D eigenvalue weighted by molar-refractivity contribution is -0.144. The number of carboxylic acid groups (broad SMARTS) is 1. The van der Waals surface area contributed by atoms with E-state index in [9.17, 15) is 24.6 Å². The summed E-state index contributed by atoms with van der Waals surface area (Å²) >= 11 is 0. The normalized spacial score (nSPS) is 22.7. The number of carbonyl (C=O) groups excluding carboxylic acids is 2. The lowest BCUT2D eigenvalue weighted by Gasteiger charge is -2.26. The Hall–Kier alpha value is -3.03. The minimum Gasteiger partial charge on any atom is -0.478 e. The van der Waals surface area contributed by atoms with Gasteiger partial charge in [0.15, 0.2) is 0 Å². The number of esters is 1. The summed E-state index contributed by atoms with van der Waals surface area (Å²) in [6.07, 6.45) is 15.3. The van der Waals surface area contributed by atoms with Gasteiger partial charge in [-0.25, -0.2) is 9.59 Å². The number of Topliss-reactive ketones (excluding diaryl/α,β-unsaturated/α-hetero) is 1. The maximum absolute atomic E-state index is 13.0. The second kappa shape index (κ2) is 17.7. The highest BCUT2D eigenvalue weighted by Crippen LogP contribution is 2.25. The summed E-state index contributed by atoms with van der Waals surface area (Å²) < 4.78 is 5.46. The van der Waals surface area contributed by atoms with Crippen LogP contribution in [0, 0.1) is 29.6 Å². The Morgan fingerprint density at radius 1 is 1.12 bits per heavy atom. The van der Waals surface area contributed by atoms with Crippen LogP contribution >= 0.6 is 0 Å². The zero-order valence-corrected chi connectivity index (χ0v) is 26.0. The molecule has 7 nitrogen and oxygen atoms in total. The van der Waals surface area contributed by atoms with Crippen LogP contribution in [0.1, 0.15) is 74.7 Å². The van der Waals surface area contributed by atoms with Crippen LogP contribution in [0.2, 0.25) is 0 Å². The molecule has 0 spiro atoms.